The second kappa shape index (κ2) is 12.5. The molecule has 1 amide bonds. The number of likely N-dealkylation sites (N-methyl/N-ethyl adjacent to an activating group) is 1. The number of amides is 1. The summed E-state index contributed by atoms with van der Waals surface area (Å²) in [6.45, 7) is 7.98. The van der Waals surface area contributed by atoms with Crippen molar-refractivity contribution in [1.29, 1.82) is 5.26 Å². The number of aromatic hydroxyl groups is 1. The summed E-state index contributed by atoms with van der Waals surface area (Å²) in [5.74, 6) is 0.863. The van der Waals surface area contributed by atoms with Crippen LogP contribution in [0.2, 0.25) is 0 Å². The Morgan fingerprint density at radius 1 is 1.30 bits per heavy atom. The van der Waals surface area contributed by atoms with Gasteiger partial charge in [-0.2, -0.15) is 5.26 Å². The van der Waals surface area contributed by atoms with Gasteiger partial charge in [0.25, 0.3) is 0 Å². The summed E-state index contributed by atoms with van der Waals surface area (Å²) in [5.41, 5.74) is 5.26. The Morgan fingerprint density at radius 3 is 2.67 bits per heavy atom. The molecule has 0 aliphatic carbocycles. The number of rotatable bonds is 6. The summed E-state index contributed by atoms with van der Waals surface area (Å²) in [7, 11) is 2.03. The van der Waals surface area contributed by atoms with Gasteiger partial charge in [0.15, 0.2) is 5.76 Å². The molecule has 9 nitrogen and oxygen atoms in total. The van der Waals surface area contributed by atoms with Crippen molar-refractivity contribution >= 4 is 5.91 Å². The van der Waals surface area contributed by atoms with E-state index in [1.54, 1.807) is 19.3 Å². The topological polar surface area (TPSA) is 118 Å². The molecule has 4 aliphatic heterocycles. The van der Waals surface area contributed by atoms with E-state index < -0.39 is 12.1 Å². The van der Waals surface area contributed by atoms with Crippen LogP contribution >= 0.6 is 0 Å². The van der Waals surface area contributed by atoms with Crippen LogP contribution in [0.3, 0.4) is 0 Å². The van der Waals surface area contributed by atoms with Gasteiger partial charge in [0.05, 0.1) is 18.2 Å². The van der Waals surface area contributed by atoms with Gasteiger partial charge in [-0.3, -0.25) is 14.6 Å². The number of carbonyl (C=O) groups is 1. The normalized spacial score (nSPS) is 27.9. The second-order valence-corrected chi connectivity index (χ2v) is 11.0. The van der Waals surface area contributed by atoms with Gasteiger partial charge in [0.2, 0.25) is 12.7 Å². The summed E-state index contributed by atoms with van der Waals surface area (Å²) in [6.07, 6.45) is 5.39. The van der Waals surface area contributed by atoms with E-state index in [0.717, 1.165) is 34.2 Å². The number of piperazine rings is 1. The van der Waals surface area contributed by atoms with Crippen molar-refractivity contribution in [1.82, 2.24) is 15.1 Å². The van der Waals surface area contributed by atoms with Crippen LogP contribution in [0.15, 0.2) is 41.1 Å². The zero-order chi connectivity index (χ0) is 28.0. The third kappa shape index (κ3) is 5.09. The number of phenolic OH excluding ortho intramolecular Hbond substituents is 1. The number of nitrogens with zero attached hydrogens (tertiary/aromatic N) is 3. The SMILES string of the molecule is C/C=C(\O)C1=C(C2=COCO2)[C@H](CNC(=O)CCC)N2C(C1)[C@H]1c3c(cc(C)c(C)c3O)C[C@@H]([C@@H]2C#N)N1C.[Ac]. The van der Waals surface area contributed by atoms with Gasteiger partial charge in [-0.25, -0.2) is 0 Å². The minimum absolute atomic E-state index is 0. The second-order valence-electron chi connectivity index (χ2n) is 11.0. The van der Waals surface area contributed by atoms with Gasteiger partial charge in [-0.05, 0) is 69.8 Å². The number of hydrogen-bond donors (Lipinski definition) is 3. The van der Waals surface area contributed by atoms with E-state index in [2.05, 4.69) is 27.3 Å². The number of hydrogen-bond acceptors (Lipinski definition) is 8. The number of nitrogens with one attached hydrogen (secondary N) is 1. The van der Waals surface area contributed by atoms with Crippen LogP contribution in [0.25, 0.3) is 0 Å². The Kier molecular flexibility index (Phi) is 9.62. The minimum atomic E-state index is -0.492. The molecule has 1 fully saturated rings. The fourth-order valence-electron chi connectivity index (χ4n) is 6.94. The molecule has 40 heavy (non-hydrogen) atoms. The molecule has 1 aromatic carbocycles. The van der Waals surface area contributed by atoms with Crippen LogP contribution < -0.4 is 5.32 Å². The summed E-state index contributed by atoms with van der Waals surface area (Å²) in [4.78, 5) is 17.1. The number of allylic oxidation sites excluding steroid dienone is 2. The predicted octanol–water partition coefficient (Wildman–Crippen LogP) is 3.78. The van der Waals surface area contributed by atoms with Gasteiger partial charge >= 0.3 is 0 Å². The quantitative estimate of drug-likeness (QED) is 0.376. The van der Waals surface area contributed by atoms with Crippen molar-refractivity contribution in [2.75, 3.05) is 20.4 Å². The molecule has 0 aromatic heterocycles. The van der Waals surface area contributed by atoms with E-state index >= 15 is 0 Å². The molecule has 1 radical (unpaired) electrons. The molecule has 211 valence electrons. The predicted molar refractivity (Wildman–Crippen MR) is 145 cm³/mol. The van der Waals surface area contributed by atoms with Gasteiger partial charge in [0, 0.05) is 85.8 Å². The number of aliphatic hydroxyl groups is 1. The number of carbonyl (C=O) groups excluding carboxylic acids is 1. The maximum Gasteiger partial charge on any atom is 0.230 e. The van der Waals surface area contributed by atoms with Crippen molar-refractivity contribution in [2.45, 2.75) is 83.6 Å². The van der Waals surface area contributed by atoms with Crippen LogP contribution in [-0.4, -0.2) is 70.5 Å². The molecule has 1 saturated heterocycles. The van der Waals surface area contributed by atoms with Gasteiger partial charge in [-0.1, -0.05) is 13.0 Å². The first-order valence-corrected chi connectivity index (χ1v) is 13.7. The number of aliphatic hydroxyl groups excluding tert-OH is 1. The van der Waals surface area contributed by atoms with E-state index in [-0.39, 0.29) is 87.2 Å². The van der Waals surface area contributed by atoms with E-state index in [0.29, 0.717) is 36.3 Å². The molecule has 0 saturated carbocycles. The largest absolute Gasteiger partial charge is 0.508 e. The van der Waals surface area contributed by atoms with Crippen LogP contribution in [-0.2, 0) is 20.7 Å². The van der Waals surface area contributed by atoms with Crippen LogP contribution in [0, 0.1) is 69.2 Å². The molecule has 5 rings (SSSR count). The maximum atomic E-state index is 12.6. The van der Waals surface area contributed by atoms with Gasteiger partial charge in [0.1, 0.15) is 23.8 Å². The van der Waals surface area contributed by atoms with E-state index in [1.807, 2.05) is 27.8 Å². The molecule has 10 heteroatoms. The van der Waals surface area contributed by atoms with Crippen molar-refractivity contribution in [3.8, 4) is 11.8 Å². The minimum Gasteiger partial charge on any atom is -0.508 e. The fourth-order valence-corrected chi connectivity index (χ4v) is 6.94. The summed E-state index contributed by atoms with van der Waals surface area (Å²) < 4.78 is 11.3. The standard InChI is InChI=1S/C30H38N4O5.Ac/c1-6-8-26(36)32-13-23-28(25-14-38-15-39-25)19(24(35)7-2)11-21-29-27-18(9-16(3)17(4)30(27)37)10-20(33(29)5)22(12-31)34(21)23;/h7,9,14,20-23,29,35,37H,6,8,10-11,13,15H2,1-5H3,(H,32,36);/b24-7-;/t20-,21?,22-,23-,29-;/m0./s1. The number of fused-ring (bicyclic) bond motifs is 6. The zero-order valence-corrected chi connectivity index (χ0v) is 28.6. The molecule has 1 aromatic rings. The number of phenols is 1. The Hall–Kier alpha value is -2.04. The number of benzene rings is 1. The molecule has 1 unspecified atom stereocenters. The molecule has 0 spiro atoms. The molecule has 2 bridgehead atoms. The first-order chi connectivity index (χ1) is 18.7. The zero-order valence-electron chi connectivity index (χ0n) is 23.9. The molecule has 4 heterocycles. The average Bonchev–Trinajstić information content (AvgIpc) is 3.45. The summed E-state index contributed by atoms with van der Waals surface area (Å²) in [6, 6.07) is 3.21. The van der Waals surface area contributed by atoms with E-state index in [1.165, 1.54) is 0 Å². The van der Waals surface area contributed by atoms with Crippen molar-refractivity contribution < 1.29 is 68.5 Å². The molecule has 5 atom stereocenters. The van der Waals surface area contributed by atoms with Crippen LogP contribution in [0.4, 0.5) is 0 Å². The third-order valence-electron chi connectivity index (χ3n) is 8.91. The van der Waals surface area contributed by atoms with Crippen molar-refractivity contribution in [3.05, 3.63) is 63.3 Å². The maximum absolute atomic E-state index is 12.6. The monoisotopic (exact) mass is 761 g/mol. The Bertz CT molecular complexity index is 1320. The molecular weight excluding hydrogens is 723 g/mol. The van der Waals surface area contributed by atoms with Crippen LogP contribution in [0.5, 0.6) is 5.75 Å². The fraction of sp³-hybridized carbons (Fsp3) is 0.533. The first-order valence-electron chi connectivity index (χ1n) is 13.7. The number of nitriles is 1. The van der Waals surface area contributed by atoms with Gasteiger partial charge < -0.3 is 25.0 Å². The number of ether oxygens (including phenoxy) is 2. The van der Waals surface area contributed by atoms with E-state index in [4.69, 9.17) is 9.47 Å². The Balaban J connectivity index is 0.00000370. The van der Waals surface area contributed by atoms with E-state index in [9.17, 15) is 20.3 Å². The smallest absolute Gasteiger partial charge is 0.230 e. The third-order valence-corrected chi connectivity index (χ3v) is 8.91. The average molecular weight is 762 g/mol. The van der Waals surface area contributed by atoms with Gasteiger partial charge in [-0.15, -0.1) is 0 Å². The summed E-state index contributed by atoms with van der Waals surface area (Å²) >= 11 is 0. The number of aryl methyl sites for hydroxylation is 1. The first kappa shape index (κ1) is 30.9. The van der Waals surface area contributed by atoms with Crippen LogP contribution in [0.1, 0.15) is 61.4 Å². The Labute approximate surface area is 272 Å². The molecular formula is C30H38AcN4O5. The van der Waals surface area contributed by atoms with Crippen molar-refractivity contribution in [3.63, 3.8) is 0 Å². The molecule has 4 aliphatic rings. The molecule has 3 N–H and O–H groups in total. The summed E-state index contributed by atoms with van der Waals surface area (Å²) in [5, 5.41) is 36.3. The van der Waals surface area contributed by atoms with Crippen molar-refractivity contribution in [2.24, 2.45) is 0 Å². The Morgan fingerprint density at radius 2 is 2.05 bits per heavy atom.